The van der Waals surface area contributed by atoms with Gasteiger partial charge in [-0.1, -0.05) is 29.8 Å². The van der Waals surface area contributed by atoms with Gasteiger partial charge in [0.25, 0.3) is 0 Å². The maximum atomic E-state index is 5.95. The number of para-hydroxylation sites is 1. The van der Waals surface area contributed by atoms with Crippen LogP contribution in [0.25, 0.3) is 10.6 Å². The number of ether oxygens (including phenoxy) is 2. The molecule has 0 amide bonds. The van der Waals surface area contributed by atoms with Gasteiger partial charge in [-0.3, -0.25) is 0 Å². The SMILES string of the molecule is COc1cccc(-c2nc(CN[C@@H](C)c3ccc(Cl)cc3)cs2)c1OC. The van der Waals surface area contributed by atoms with Crippen LogP contribution in [0.1, 0.15) is 24.2 Å². The lowest BCUT2D eigenvalue weighted by Gasteiger charge is -2.13. The number of nitrogens with zero attached hydrogens (tertiary/aromatic N) is 1. The number of benzene rings is 2. The molecule has 26 heavy (non-hydrogen) atoms. The number of nitrogens with one attached hydrogen (secondary N) is 1. The minimum Gasteiger partial charge on any atom is -0.493 e. The third-order valence-corrected chi connectivity index (χ3v) is 5.32. The molecule has 2 aromatic carbocycles. The first-order chi connectivity index (χ1) is 12.6. The van der Waals surface area contributed by atoms with Crippen LogP contribution >= 0.6 is 22.9 Å². The number of rotatable bonds is 7. The molecule has 4 nitrogen and oxygen atoms in total. The molecule has 6 heteroatoms. The van der Waals surface area contributed by atoms with Crippen molar-refractivity contribution in [2.24, 2.45) is 0 Å². The fourth-order valence-electron chi connectivity index (χ4n) is 2.69. The predicted molar refractivity (Wildman–Crippen MR) is 107 cm³/mol. The number of methoxy groups -OCH3 is 2. The van der Waals surface area contributed by atoms with Gasteiger partial charge in [-0.15, -0.1) is 11.3 Å². The molecule has 0 fully saturated rings. The quantitative estimate of drug-likeness (QED) is 0.594. The second-order valence-corrected chi connectivity index (χ2v) is 7.13. The highest BCUT2D eigenvalue weighted by Gasteiger charge is 2.15. The number of halogens is 1. The molecule has 136 valence electrons. The topological polar surface area (TPSA) is 43.4 Å². The zero-order chi connectivity index (χ0) is 18.5. The van der Waals surface area contributed by atoms with Crippen LogP contribution < -0.4 is 14.8 Å². The van der Waals surface area contributed by atoms with Crippen molar-refractivity contribution in [3.63, 3.8) is 0 Å². The smallest absolute Gasteiger partial charge is 0.170 e. The Bertz CT molecular complexity index is 865. The van der Waals surface area contributed by atoms with E-state index < -0.39 is 0 Å². The molecule has 1 aromatic heterocycles. The first kappa shape index (κ1) is 18.7. The molecule has 1 N–H and O–H groups in total. The molecule has 3 aromatic rings. The first-order valence-electron chi connectivity index (χ1n) is 8.27. The minimum absolute atomic E-state index is 0.212. The zero-order valence-electron chi connectivity index (χ0n) is 15.0. The molecule has 0 saturated heterocycles. The summed E-state index contributed by atoms with van der Waals surface area (Å²) < 4.78 is 10.9. The average Bonchev–Trinajstić information content (AvgIpc) is 3.14. The molecular formula is C20H21ClN2O2S. The summed E-state index contributed by atoms with van der Waals surface area (Å²) >= 11 is 7.55. The van der Waals surface area contributed by atoms with Crippen molar-refractivity contribution in [3.05, 3.63) is 64.1 Å². The van der Waals surface area contributed by atoms with Gasteiger partial charge in [-0.2, -0.15) is 0 Å². The lowest BCUT2D eigenvalue weighted by molar-refractivity contribution is 0.356. The number of aromatic nitrogens is 1. The van der Waals surface area contributed by atoms with Gasteiger partial charge >= 0.3 is 0 Å². The second kappa shape index (κ2) is 8.54. The van der Waals surface area contributed by atoms with E-state index in [0.717, 1.165) is 21.3 Å². The summed E-state index contributed by atoms with van der Waals surface area (Å²) in [5, 5.41) is 7.22. The summed E-state index contributed by atoms with van der Waals surface area (Å²) in [6.45, 7) is 2.81. The van der Waals surface area contributed by atoms with Gasteiger partial charge in [0.05, 0.1) is 25.5 Å². The van der Waals surface area contributed by atoms with Gasteiger partial charge in [0, 0.05) is 23.0 Å². The van der Waals surface area contributed by atoms with E-state index in [1.165, 1.54) is 5.56 Å². The molecule has 0 unspecified atom stereocenters. The van der Waals surface area contributed by atoms with Crippen molar-refractivity contribution in [2.75, 3.05) is 14.2 Å². The van der Waals surface area contributed by atoms with Crippen molar-refractivity contribution in [1.29, 1.82) is 0 Å². The highest BCUT2D eigenvalue weighted by molar-refractivity contribution is 7.13. The number of hydrogen-bond donors (Lipinski definition) is 1. The molecule has 1 atom stereocenters. The maximum absolute atomic E-state index is 5.95. The van der Waals surface area contributed by atoms with Crippen molar-refractivity contribution in [2.45, 2.75) is 19.5 Å². The molecule has 0 bridgehead atoms. The fourth-order valence-corrected chi connectivity index (χ4v) is 3.66. The van der Waals surface area contributed by atoms with Gasteiger partial charge < -0.3 is 14.8 Å². The Morgan fingerprint density at radius 1 is 1.12 bits per heavy atom. The summed E-state index contributed by atoms with van der Waals surface area (Å²) in [6.07, 6.45) is 0. The molecule has 1 heterocycles. The minimum atomic E-state index is 0.212. The summed E-state index contributed by atoms with van der Waals surface area (Å²) in [6, 6.07) is 13.9. The summed E-state index contributed by atoms with van der Waals surface area (Å²) in [5.41, 5.74) is 3.13. The zero-order valence-corrected chi connectivity index (χ0v) is 16.5. The molecule has 3 rings (SSSR count). The van der Waals surface area contributed by atoms with Crippen molar-refractivity contribution in [1.82, 2.24) is 10.3 Å². The van der Waals surface area contributed by atoms with Crippen LogP contribution in [-0.2, 0) is 6.54 Å². The van der Waals surface area contributed by atoms with Gasteiger partial charge in [0.15, 0.2) is 11.5 Å². The predicted octanol–water partition coefficient (Wildman–Crippen LogP) is 5.33. The van der Waals surface area contributed by atoms with E-state index in [2.05, 4.69) is 17.6 Å². The van der Waals surface area contributed by atoms with Crippen LogP contribution in [0.3, 0.4) is 0 Å². The van der Waals surface area contributed by atoms with Crippen LogP contribution in [0.15, 0.2) is 47.8 Å². The van der Waals surface area contributed by atoms with Crippen LogP contribution in [-0.4, -0.2) is 19.2 Å². The second-order valence-electron chi connectivity index (χ2n) is 5.84. The van der Waals surface area contributed by atoms with E-state index in [4.69, 9.17) is 26.1 Å². The molecule has 0 aliphatic carbocycles. The van der Waals surface area contributed by atoms with Gasteiger partial charge in [-0.05, 0) is 36.8 Å². The van der Waals surface area contributed by atoms with E-state index >= 15 is 0 Å². The largest absolute Gasteiger partial charge is 0.493 e. The first-order valence-corrected chi connectivity index (χ1v) is 9.52. The van der Waals surface area contributed by atoms with Crippen LogP contribution in [0.5, 0.6) is 11.5 Å². The highest BCUT2D eigenvalue weighted by atomic mass is 35.5. The normalized spacial score (nSPS) is 12.0. The standard InChI is InChI=1S/C20H21ClN2O2S/c1-13(14-7-9-15(21)10-8-14)22-11-16-12-26-20(23-16)17-5-4-6-18(24-2)19(17)25-3/h4-10,12-13,22H,11H2,1-3H3/t13-/m0/s1. The molecular weight excluding hydrogens is 368 g/mol. The van der Waals surface area contributed by atoms with Gasteiger partial charge in [0.1, 0.15) is 5.01 Å². The monoisotopic (exact) mass is 388 g/mol. The summed E-state index contributed by atoms with van der Waals surface area (Å²) in [5.74, 6) is 1.41. The third-order valence-electron chi connectivity index (χ3n) is 4.14. The van der Waals surface area contributed by atoms with Crippen molar-refractivity contribution in [3.8, 4) is 22.1 Å². The third kappa shape index (κ3) is 4.18. The maximum Gasteiger partial charge on any atom is 0.170 e. The molecule has 0 aliphatic heterocycles. The Morgan fingerprint density at radius 2 is 1.88 bits per heavy atom. The van der Waals surface area contributed by atoms with Crippen LogP contribution in [0.2, 0.25) is 5.02 Å². The lowest BCUT2D eigenvalue weighted by atomic mass is 10.1. The van der Waals surface area contributed by atoms with Gasteiger partial charge in [0.2, 0.25) is 0 Å². The van der Waals surface area contributed by atoms with E-state index in [1.54, 1.807) is 25.6 Å². The number of thiazole rings is 1. The summed E-state index contributed by atoms with van der Waals surface area (Å²) in [7, 11) is 3.28. The Hall–Kier alpha value is -2.08. The Kier molecular flexibility index (Phi) is 6.14. The fraction of sp³-hybridized carbons (Fsp3) is 0.250. The summed E-state index contributed by atoms with van der Waals surface area (Å²) in [4.78, 5) is 4.74. The lowest BCUT2D eigenvalue weighted by Crippen LogP contribution is -2.18. The van der Waals surface area contributed by atoms with Gasteiger partial charge in [-0.25, -0.2) is 4.98 Å². The molecule has 0 spiro atoms. The average molecular weight is 389 g/mol. The Morgan fingerprint density at radius 3 is 2.58 bits per heavy atom. The van der Waals surface area contributed by atoms with Crippen LogP contribution in [0.4, 0.5) is 0 Å². The Balaban J connectivity index is 1.71. The molecule has 0 aliphatic rings. The highest BCUT2D eigenvalue weighted by Crippen LogP contribution is 2.38. The van der Waals surface area contributed by atoms with E-state index in [9.17, 15) is 0 Å². The van der Waals surface area contributed by atoms with Crippen LogP contribution in [0, 0.1) is 0 Å². The molecule has 0 radical (unpaired) electrons. The van der Waals surface area contributed by atoms with E-state index in [1.807, 2.05) is 42.5 Å². The van der Waals surface area contributed by atoms with E-state index in [-0.39, 0.29) is 6.04 Å². The Labute approximate surface area is 162 Å². The molecule has 0 saturated carbocycles. The number of hydrogen-bond acceptors (Lipinski definition) is 5. The van der Waals surface area contributed by atoms with Crippen molar-refractivity contribution < 1.29 is 9.47 Å². The van der Waals surface area contributed by atoms with E-state index in [0.29, 0.717) is 18.0 Å². The van der Waals surface area contributed by atoms with Crippen molar-refractivity contribution >= 4 is 22.9 Å².